The number of hydrogen-bond acceptors (Lipinski definition) is 3. The van der Waals surface area contributed by atoms with Crippen molar-refractivity contribution in [1.82, 2.24) is 14.4 Å². The zero-order valence-electron chi connectivity index (χ0n) is 14.7. The zero-order chi connectivity index (χ0) is 18.8. The van der Waals surface area contributed by atoms with E-state index in [1.807, 2.05) is 35.7 Å². The number of amides is 1. The number of aryl methyl sites for hydroxylation is 1. The largest absolute Gasteiger partial charge is 0.322 e. The number of carbonyl (C=O) groups excluding carboxylic acids is 1. The van der Waals surface area contributed by atoms with E-state index in [-0.39, 0.29) is 5.91 Å². The van der Waals surface area contributed by atoms with E-state index in [0.717, 1.165) is 22.5 Å². The van der Waals surface area contributed by atoms with Crippen LogP contribution in [0.25, 0.3) is 16.9 Å². The SMILES string of the molecule is C#Cc1ccc(NC(=O)c2ccn3c(C)cc(-c4cccnc4)nc23)cc1. The van der Waals surface area contributed by atoms with Crippen LogP contribution in [0.2, 0.25) is 0 Å². The van der Waals surface area contributed by atoms with Crippen LogP contribution in [0.15, 0.2) is 67.1 Å². The normalized spacial score (nSPS) is 10.5. The average molecular weight is 352 g/mol. The topological polar surface area (TPSA) is 59.3 Å². The number of carbonyl (C=O) groups is 1. The molecule has 0 fully saturated rings. The van der Waals surface area contributed by atoms with Crippen LogP contribution >= 0.6 is 0 Å². The standard InChI is InChI=1S/C22H16N4O/c1-3-16-6-8-18(9-7-16)24-22(27)19-10-12-26-15(2)13-20(25-21(19)26)17-5-4-11-23-14-17/h1,4-14H,2H3,(H,24,27). The summed E-state index contributed by atoms with van der Waals surface area (Å²) in [5.41, 5.74) is 5.21. The van der Waals surface area contributed by atoms with Crippen molar-refractivity contribution in [2.75, 3.05) is 5.32 Å². The van der Waals surface area contributed by atoms with E-state index in [4.69, 9.17) is 11.4 Å². The van der Waals surface area contributed by atoms with Gasteiger partial charge in [0.05, 0.1) is 11.3 Å². The minimum absolute atomic E-state index is 0.221. The Morgan fingerprint density at radius 3 is 2.70 bits per heavy atom. The van der Waals surface area contributed by atoms with Crippen LogP contribution in [0.1, 0.15) is 21.6 Å². The summed E-state index contributed by atoms with van der Waals surface area (Å²) in [5, 5.41) is 2.89. The summed E-state index contributed by atoms with van der Waals surface area (Å²) in [7, 11) is 0. The van der Waals surface area contributed by atoms with E-state index in [1.54, 1.807) is 42.7 Å². The Bertz CT molecular complexity index is 1170. The number of nitrogens with zero attached hydrogens (tertiary/aromatic N) is 3. The molecule has 0 saturated heterocycles. The van der Waals surface area contributed by atoms with E-state index < -0.39 is 0 Å². The van der Waals surface area contributed by atoms with E-state index in [9.17, 15) is 4.79 Å². The summed E-state index contributed by atoms with van der Waals surface area (Å²) >= 11 is 0. The molecule has 4 aromatic rings. The second-order valence-corrected chi connectivity index (χ2v) is 6.12. The minimum Gasteiger partial charge on any atom is -0.322 e. The van der Waals surface area contributed by atoms with Gasteiger partial charge in [0.1, 0.15) is 5.65 Å². The Balaban J connectivity index is 1.72. The van der Waals surface area contributed by atoms with E-state index >= 15 is 0 Å². The molecule has 5 nitrogen and oxygen atoms in total. The van der Waals surface area contributed by atoms with Crippen LogP contribution in [0, 0.1) is 19.3 Å². The fourth-order valence-corrected chi connectivity index (χ4v) is 2.92. The highest BCUT2D eigenvalue weighted by atomic mass is 16.1. The molecule has 0 unspecified atom stereocenters. The molecule has 0 saturated carbocycles. The quantitative estimate of drug-likeness (QED) is 0.568. The van der Waals surface area contributed by atoms with Crippen molar-refractivity contribution in [1.29, 1.82) is 0 Å². The van der Waals surface area contributed by atoms with Gasteiger partial charge in [0.25, 0.3) is 5.91 Å². The molecule has 1 amide bonds. The molecule has 1 N–H and O–H groups in total. The lowest BCUT2D eigenvalue weighted by Crippen LogP contribution is -2.12. The Morgan fingerprint density at radius 1 is 1.19 bits per heavy atom. The van der Waals surface area contributed by atoms with Gasteiger partial charge in [0.15, 0.2) is 0 Å². The highest BCUT2D eigenvalue weighted by Gasteiger charge is 2.15. The number of aromatic nitrogens is 3. The lowest BCUT2D eigenvalue weighted by molar-refractivity contribution is 0.102. The first kappa shape index (κ1) is 16.6. The number of nitrogens with one attached hydrogen (secondary N) is 1. The summed E-state index contributed by atoms with van der Waals surface area (Å²) in [6, 6.07) is 14.7. The predicted molar refractivity (Wildman–Crippen MR) is 105 cm³/mol. The average Bonchev–Trinajstić information content (AvgIpc) is 3.14. The number of anilines is 1. The summed E-state index contributed by atoms with van der Waals surface area (Å²) in [6.07, 6.45) is 10.7. The predicted octanol–water partition coefficient (Wildman–Crippen LogP) is 3.94. The Kier molecular flexibility index (Phi) is 4.15. The molecule has 0 radical (unpaired) electrons. The Hall–Kier alpha value is -3.91. The monoisotopic (exact) mass is 352 g/mol. The van der Waals surface area contributed by atoms with E-state index in [0.29, 0.717) is 16.9 Å². The molecule has 0 bridgehead atoms. The van der Waals surface area contributed by atoms with Crippen LogP contribution < -0.4 is 5.32 Å². The molecule has 5 heteroatoms. The van der Waals surface area contributed by atoms with Gasteiger partial charge in [-0.1, -0.05) is 5.92 Å². The highest BCUT2D eigenvalue weighted by molar-refractivity contribution is 6.08. The summed E-state index contributed by atoms with van der Waals surface area (Å²) in [4.78, 5) is 21.6. The zero-order valence-corrected chi connectivity index (χ0v) is 14.7. The van der Waals surface area contributed by atoms with Crippen LogP contribution in [0.5, 0.6) is 0 Å². The van der Waals surface area contributed by atoms with Crippen LogP contribution in [-0.4, -0.2) is 20.3 Å². The fourth-order valence-electron chi connectivity index (χ4n) is 2.92. The highest BCUT2D eigenvalue weighted by Crippen LogP contribution is 2.22. The van der Waals surface area contributed by atoms with Crippen LogP contribution in [0.3, 0.4) is 0 Å². The fraction of sp³-hybridized carbons (Fsp3) is 0.0455. The first-order valence-corrected chi connectivity index (χ1v) is 8.43. The number of pyridine rings is 1. The second-order valence-electron chi connectivity index (χ2n) is 6.12. The number of hydrogen-bond donors (Lipinski definition) is 1. The maximum atomic E-state index is 12.8. The number of benzene rings is 1. The molecule has 0 atom stereocenters. The number of terminal acetylenes is 1. The first-order chi connectivity index (χ1) is 13.2. The third-order valence-electron chi connectivity index (χ3n) is 4.32. The van der Waals surface area contributed by atoms with Gasteiger partial charge in [-0.15, -0.1) is 6.42 Å². The molecule has 0 spiro atoms. The maximum absolute atomic E-state index is 12.8. The van der Waals surface area contributed by atoms with Gasteiger partial charge in [-0.2, -0.15) is 0 Å². The summed E-state index contributed by atoms with van der Waals surface area (Å²) in [5.74, 6) is 2.33. The third kappa shape index (κ3) is 3.16. The summed E-state index contributed by atoms with van der Waals surface area (Å²) in [6.45, 7) is 1.98. The van der Waals surface area contributed by atoms with E-state index in [1.165, 1.54) is 0 Å². The maximum Gasteiger partial charge on any atom is 0.259 e. The lowest BCUT2D eigenvalue weighted by Gasteiger charge is -2.08. The van der Waals surface area contributed by atoms with Gasteiger partial charge in [-0.25, -0.2) is 4.98 Å². The van der Waals surface area contributed by atoms with Gasteiger partial charge in [-0.3, -0.25) is 9.78 Å². The number of fused-ring (bicyclic) bond motifs is 1. The summed E-state index contributed by atoms with van der Waals surface area (Å²) < 4.78 is 1.90. The molecule has 0 aliphatic carbocycles. The van der Waals surface area contributed by atoms with Gasteiger partial charge >= 0.3 is 0 Å². The second kappa shape index (κ2) is 6.77. The smallest absolute Gasteiger partial charge is 0.259 e. The Labute approximate surface area is 156 Å². The molecule has 0 aliphatic rings. The van der Waals surface area contributed by atoms with Gasteiger partial charge in [-0.05, 0) is 55.5 Å². The van der Waals surface area contributed by atoms with Crippen molar-refractivity contribution in [3.8, 4) is 23.6 Å². The van der Waals surface area contributed by atoms with Crippen molar-refractivity contribution in [2.24, 2.45) is 0 Å². The molecule has 3 aromatic heterocycles. The van der Waals surface area contributed by atoms with E-state index in [2.05, 4.69) is 16.2 Å². The Morgan fingerprint density at radius 2 is 2.00 bits per heavy atom. The molecule has 1 aromatic carbocycles. The molecule has 3 heterocycles. The van der Waals surface area contributed by atoms with Crippen molar-refractivity contribution in [3.05, 3.63) is 83.9 Å². The van der Waals surface area contributed by atoms with Crippen LogP contribution in [0.4, 0.5) is 5.69 Å². The molecule has 4 rings (SSSR count). The van der Waals surface area contributed by atoms with Crippen molar-refractivity contribution < 1.29 is 4.79 Å². The minimum atomic E-state index is -0.221. The lowest BCUT2D eigenvalue weighted by atomic mass is 10.2. The van der Waals surface area contributed by atoms with Crippen molar-refractivity contribution in [2.45, 2.75) is 6.92 Å². The van der Waals surface area contributed by atoms with Crippen LogP contribution in [-0.2, 0) is 0 Å². The van der Waals surface area contributed by atoms with Gasteiger partial charge in [0.2, 0.25) is 0 Å². The molecule has 130 valence electrons. The van der Waals surface area contributed by atoms with Crippen molar-refractivity contribution in [3.63, 3.8) is 0 Å². The first-order valence-electron chi connectivity index (χ1n) is 8.43. The molecular weight excluding hydrogens is 336 g/mol. The van der Waals surface area contributed by atoms with Gasteiger partial charge in [0, 0.05) is 41.1 Å². The van der Waals surface area contributed by atoms with Crippen molar-refractivity contribution >= 4 is 17.2 Å². The number of rotatable bonds is 3. The third-order valence-corrected chi connectivity index (χ3v) is 4.32. The molecular formula is C22H16N4O. The molecule has 27 heavy (non-hydrogen) atoms. The molecule has 0 aliphatic heterocycles. The van der Waals surface area contributed by atoms with Gasteiger partial charge < -0.3 is 9.72 Å².